The lowest BCUT2D eigenvalue weighted by Crippen LogP contribution is -2.42. The second-order valence-electron chi connectivity index (χ2n) is 5.60. The number of morpholine rings is 1. The topological polar surface area (TPSA) is 94.2 Å². The van der Waals surface area contributed by atoms with Gasteiger partial charge in [-0.05, 0) is 25.5 Å². The summed E-state index contributed by atoms with van der Waals surface area (Å²) < 4.78 is 5.75. The number of nitrogen functional groups attached to an aromatic ring is 1. The molecule has 7 heteroatoms. The molecular weight excluding hydrogens is 294 g/mol. The number of anilines is 1. The van der Waals surface area contributed by atoms with Crippen LogP contribution in [0.2, 0.25) is 0 Å². The van der Waals surface area contributed by atoms with Gasteiger partial charge in [0.25, 0.3) is 5.91 Å². The Hall–Kier alpha value is -2.54. The molecule has 0 aliphatic carbocycles. The second kappa shape index (κ2) is 6.29. The molecule has 2 aromatic rings. The van der Waals surface area contributed by atoms with Gasteiger partial charge in [-0.2, -0.15) is 0 Å². The van der Waals surface area contributed by atoms with Gasteiger partial charge in [-0.25, -0.2) is 9.97 Å². The third-order valence-electron chi connectivity index (χ3n) is 3.69. The number of ether oxygens (including phenoxy) is 1. The van der Waals surface area contributed by atoms with Crippen molar-refractivity contribution in [3.63, 3.8) is 0 Å². The highest BCUT2D eigenvalue weighted by Gasteiger charge is 2.28. The van der Waals surface area contributed by atoms with Crippen molar-refractivity contribution >= 4 is 11.7 Å². The number of aromatic nitrogens is 3. The fourth-order valence-electron chi connectivity index (χ4n) is 2.55. The number of hydrogen-bond donors (Lipinski definition) is 1. The van der Waals surface area contributed by atoms with Crippen LogP contribution in [0.3, 0.4) is 0 Å². The first-order valence-electron chi connectivity index (χ1n) is 7.47. The van der Waals surface area contributed by atoms with Crippen LogP contribution in [0.5, 0.6) is 0 Å². The molecule has 0 bridgehead atoms. The Bertz CT molecular complexity index is 697. The molecule has 1 aliphatic rings. The minimum Gasteiger partial charge on any atom is -0.384 e. The monoisotopic (exact) mass is 313 g/mol. The quantitative estimate of drug-likeness (QED) is 0.897. The van der Waals surface area contributed by atoms with Crippen molar-refractivity contribution in [2.24, 2.45) is 0 Å². The van der Waals surface area contributed by atoms with Crippen LogP contribution in [0.25, 0.3) is 0 Å². The lowest BCUT2D eigenvalue weighted by molar-refractivity contribution is -0.0250. The van der Waals surface area contributed by atoms with Gasteiger partial charge in [0, 0.05) is 18.8 Å². The van der Waals surface area contributed by atoms with Gasteiger partial charge in [0.15, 0.2) is 0 Å². The number of hydrogen-bond acceptors (Lipinski definition) is 6. The minimum absolute atomic E-state index is 0.1000. The fourth-order valence-corrected chi connectivity index (χ4v) is 2.55. The van der Waals surface area contributed by atoms with E-state index in [0.29, 0.717) is 42.7 Å². The number of amides is 1. The normalized spacial score (nSPS) is 18.0. The Morgan fingerprint density at radius 1 is 1.35 bits per heavy atom. The van der Waals surface area contributed by atoms with Crippen molar-refractivity contribution in [1.82, 2.24) is 19.9 Å². The largest absolute Gasteiger partial charge is 0.384 e. The molecule has 0 unspecified atom stereocenters. The fraction of sp³-hybridized carbons (Fsp3) is 0.375. The molecule has 1 saturated heterocycles. The molecule has 0 aromatic carbocycles. The highest BCUT2D eigenvalue weighted by atomic mass is 16.5. The Balaban J connectivity index is 1.77. The van der Waals surface area contributed by atoms with Crippen LogP contribution in [0.1, 0.15) is 33.7 Å². The zero-order valence-electron chi connectivity index (χ0n) is 13.2. The molecule has 7 nitrogen and oxygen atoms in total. The zero-order chi connectivity index (χ0) is 16.4. The van der Waals surface area contributed by atoms with E-state index in [1.54, 1.807) is 30.2 Å². The highest BCUT2D eigenvalue weighted by Crippen LogP contribution is 2.22. The first kappa shape index (κ1) is 15.4. The van der Waals surface area contributed by atoms with Crippen molar-refractivity contribution < 1.29 is 9.53 Å². The molecule has 1 fully saturated rings. The number of nitrogens with zero attached hydrogens (tertiary/aromatic N) is 4. The average molecular weight is 313 g/mol. The van der Waals surface area contributed by atoms with Crippen molar-refractivity contribution in [3.8, 4) is 0 Å². The van der Waals surface area contributed by atoms with Crippen LogP contribution in [0.4, 0.5) is 5.82 Å². The van der Waals surface area contributed by atoms with Gasteiger partial charge in [0.05, 0.1) is 18.8 Å². The second-order valence-corrected chi connectivity index (χ2v) is 5.60. The Morgan fingerprint density at radius 3 is 2.87 bits per heavy atom. The summed E-state index contributed by atoms with van der Waals surface area (Å²) in [5.74, 6) is 0.893. The third-order valence-corrected chi connectivity index (χ3v) is 3.69. The summed E-state index contributed by atoms with van der Waals surface area (Å²) in [7, 11) is 0. The molecule has 2 aromatic heterocycles. The smallest absolute Gasteiger partial charge is 0.272 e. The third kappa shape index (κ3) is 3.45. The van der Waals surface area contributed by atoms with E-state index in [1.807, 2.05) is 13.0 Å². The molecule has 1 amide bonds. The van der Waals surface area contributed by atoms with Gasteiger partial charge in [-0.15, -0.1) is 0 Å². The molecule has 0 spiro atoms. The van der Waals surface area contributed by atoms with E-state index in [-0.39, 0.29) is 12.0 Å². The maximum Gasteiger partial charge on any atom is 0.272 e. The van der Waals surface area contributed by atoms with Gasteiger partial charge < -0.3 is 15.4 Å². The molecule has 3 rings (SSSR count). The number of pyridine rings is 1. The predicted molar refractivity (Wildman–Crippen MR) is 84.8 cm³/mol. The van der Waals surface area contributed by atoms with Crippen LogP contribution in [-0.2, 0) is 4.74 Å². The molecular formula is C16H19N5O2. The molecule has 0 radical (unpaired) electrons. The molecule has 2 N–H and O–H groups in total. The van der Waals surface area contributed by atoms with E-state index in [1.165, 1.54) is 0 Å². The number of carbonyl (C=O) groups is 1. The van der Waals surface area contributed by atoms with Crippen LogP contribution < -0.4 is 5.73 Å². The number of aryl methyl sites for hydroxylation is 2. The summed E-state index contributed by atoms with van der Waals surface area (Å²) in [5.41, 5.74) is 7.93. The summed E-state index contributed by atoms with van der Waals surface area (Å²) in [4.78, 5) is 26.9. The first-order valence-corrected chi connectivity index (χ1v) is 7.47. The number of rotatable bonds is 2. The SMILES string of the molecule is Cc1ccc(C(=O)N2CCO[C@@H](c3cc(N)nc(C)n3)C2)nc1. The molecule has 23 heavy (non-hydrogen) atoms. The van der Waals surface area contributed by atoms with Crippen molar-refractivity contribution in [3.05, 3.63) is 47.2 Å². The molecule has 1 aliphatic heterocycles. The predicted octanol–water partition coefficient (Wildman–Crippen LogP) is 1.28. The first-order chi connectivity index (χ1) is 11.0. The molecule has 1 atom stereocenters. The van der Waals surface area contributed by atoms with E-state index >= 15 is 0 Å². The highest BCUT2D eigenvalue weighted by molar-refractivity contribution is 5.92. The maximum absolute atomic E-state index is 12.6. The number of nitrogens with two attached hydrogens (primary N) is 1. The maximum atomic E-state index is 12.6. The van der Waals surface area contributed by atoms with Gasteiger partial charge in [-0.1, -0.05) is 6.07 Å². The summed E-state index contributed by atoms with van der Waals surface area (Å²) in [6.45, 7) is 5.12. The van der Waals surface area contributed by atoms with Crippen molar-refractivity contribution in [2.45, 2.75) is 20.0 Å². The van der Waals surface area contributed by atoms with Gasteiger partial charge in [-0.3, -0.25) is 9.78 Å². The Kier molecular flexibility index (Phi) is 4.20. The average Bonchev–Trinajstić information content (AvgIpc) is 2.54. The van der Waals surface area contributed by atoms with Gasteiger partial charge in [0.1, 0.15) is 23.4 Å². The minimum atomic E-state index is -0.304. The summed E-state index contributed by atoms with van der Waals surface area (Å²) in [6.07, 6.45) is 1.39. The van der Waals surface area contributed by atoms with Crippen LogP contribution >= 0.6 is 0 Å². The summed E-state index contributed by atoms with van der Waals surface area (Å²) in [6, 6.07) is 5.32. The lowest BCUT2D eigenvalue weighted by atomic mass is 10.1. The molecule has 3 heterocycles. The van der Waals surface area contributed by atoms with Gasteiger partial charge in [0.2, 0.25) is 0 Å². The van der Waals surface area contributed by atoms with Gasteiger partial charge >= 0.3 is 0 Å². The van der Waals surface area contributed by atoms with E-state index in [2.05, 4.69) is 15.0 Å². The summed E-state index contributed by atoms with van der Waals surface area (Å²) >= 11 is 0. The van der Waals surface area contributed by atoms with Crippen LogP contribution in [0.15, 0.2) is 24.4 Å². The molecule has 0 saturated carbocycles. The van der Waals surface area contributed by atoms with E-state index in [0.717, 1.165) is 5.56 Å². The van der Waals surface area contributed by atoms with Crippen LogP contribution in [0, 0.1) is 13.8 Å². The lowest BCUT2D eigenvalue weighted by Gasteiger charge is -2.32. The standard InChI is InChI=1S/C16H19N5O2/c1-10-3-4-12(18-8-10)16(22)21-5-6-23-14(9-21)13-7-15(17)20-11(2)19-13/h3-4,7-8,14H,5-6,9H2,1-2H3,(H2,17,19,20)/t14-/m1/s1. The van der Waals surface area contributed by atoms with E-state index in [4.69, 9.17) is 10.5 Å². The van der Waals surface area contributed by atoms with Crippen molar-refractivity contribution in [1.29, 1.82) is 0 Å². The Labute approximate surface area is 134 Å². The Morgan fingerprint density at radius 2 is 2.17 bits per heavy atom. The van der Waals surface area contributed by atoms with Crippen molar-refractivity contribution in [2.75, 3.05) is 25.4 Å². The van der Waals surface area contributed by atoms with Crippen LogP contribution in [-0.4, -0.2) is 45.5 Å². The zero-order valence-corrected chi connectivity index (χ0v) is 13.2. The van der Waals surface area contributed by atoms with E-state index < -0.39 is 0 Å². The van der Waals surface area contributed by atoms with E-state index in [9.17, 15) is 4.79 Å². The number of carbonyl (C=O) groups excluding carboxylic acids is 1. The summed E-state index contributed by atoms with van der Waals surface area (Å²) in [5, 5.41) is 0. The molecule has 120 valence electrons.